The van der Waals surface area contributed by atoms with E-state index in [-0.39, 0.29) is 23.9 Å². The van der Waals surface area contributed by atoms with Gasteiger partial charge in [-0.25, -0.2) is 4.79 Å². The number of alkyl carbamates (subject to hydrolysis) is 1. The maximum absolute atomic E-state index is 14.2. The Balaban J connectivity index is 2.46. The molecule has 0 radical (unpaired) electrons. The summed E-state index contributed by atoms with van der Waals surface area (Å²) in [4.78, 5) is 42.3. The highest BCUT2D eigenvalue weighted by atomic mass is 32.2. The number of hydrogen-bond acceptors (Lipinski definition) is 5. The minimum absolute atomic E-state index is 0.000304. The van der Waals surface area contributed by atoms with Gasteiger partial charge in [-0.1, -0.05) is 43.2 Å². The average molecular weight is 520 g/mol. The maximum atomic E-state index is 14.2. The zero-order chi connectivity index (χ0) is 26.9. The van der Waals surface area contributed by atoms with Crippen LogP contribution in [0.5, 0.6) is 0 Å². The first-order valence-corrected chi connectivity index (χ1v) is 14.5. The van der Waals surface area contributed by atoms with Crippen molar-refractivity contribution in [1.29, 1.82) is 0 Å². The molecule has 3 unspecified atom stereocenters. The van der Waals surface area contributed by atoms with Crippen molar-refractivity contribution in [3.05, 3.63) is 35.4 Å². The van der Waals surface area contributed by atoms with Crippen molar-refractivity contribution >= 4 is 29.7 Å². The highest BCUT2D eigenvalue weighted by Crippen LogP contribution is 2.34. The number of ether oxygens (including phenoxy) is 1. The molecule has 1 aromatic carbocycles. The van der Waals surface area contributed by atoms with E-state index < -0.39 is 23.8 Å². The van der Waals surface area contributed by atoms with Gasteiger partial charge in [-0.3, -0.25) is 9.59 Å². The molecule has 0 aliphatic heterocycles. The monoisotopic (exact) mass is 519 g/mol. The number of rotatable bonds is 12. The van der Waals surface area contributed by atoms with Crippen LogP contribution in [0.3, 0.4) is 0 Å². The van der Waals surface area contributed by atoms with Gasteiger partial charge in [0.1, 0.15) is 17.7 Å². The number of aryl methyl sites for hydroxylation is 1. The summed E-state index contributed by atoms with van der Waals surface area (Å²) in [5, 5.41) is 5.95. The highest BCUT2D eigenvalue weighted by molar-refractivity contribution is 7.98. The van der Waals surface area contributed by atoms with Crippen molar-refractivity contribution in [2.75, 3.05) is 12.0 Å². The summed E-state index contributed by atoms with van der Waals surface area (Å²) in [6.07, 6.45) is 6.31. The molecule has 1 aliphatic carbocycles. The van der Waals surface area contributed by atoms with Crippen LogP contribution in [0, 0.1) is 6.92 Å². The number of benzene rings is 1. The molecule has 1 aromatic rings. The normalized spacial score (nSPS) is 16.3. The second-order valence-electron chi connectivity index (χ2n) is 10.8. The van der Waals surface area contributed by atoms with Gasteiger partial charge in [0.25, 0.3) is 0 Å². The lowest BCUT2D eigenvalue weighted by Crippen LogP contribution is -2.58. The minimum Gasteiger partial charge on any atom is -0.444 e. The standard InChI is InChI=1S/C28H45N3O4S/c1-8-11-20(3)29-25(32)24(21-13-9-12-19(2)18-21)31(22-14-10-15-22)26(33)23(16-17-36-7)30-27(34)35-28(4,5)6/h9,12-13,18,20,22-24H,8,10-11,14-17H2,1-7H3,(H,29,32)(H,30,34). The van der Waals surface area contributed by atoms with E-state index in [1.165, 1.54) is 0 Å². The van der Waals surface area contributed by atoms with Crippen LogP contribution in [0.25, 0.3) is 0 Å². The SMILES string of the molecule is CCCC(C)NC(=O)C(c1cccc(C)c1)N(C(=O)C(CCSC)NC(=O)OC(C)(C)C)C1CCC1. The lowest BCUT2D eigenvalue weighted by molar-refractivity contribution is -0.147. The van der Waals surface area contributed by atoms with E-state index in [1.54, 1.807) is 37.4 Å². The van der Waals surface area contributed by atoms with E-state index in [1.807, 2.05) is 44.4 Å². The largest absolute Gasteiger partial charge is 0.444 e. The third kappa shape index (κ3) is 9.02. The summed E-state index contributed by atoms with van der Waals surface area (Å²) >= 11 is 1.61. The molecule has 7 nitrogen and oxygen atoms in total. The molecule has 0 heterocycles. The predicted octanol–water partition coefficient (Wildman–Crippen LogP) is 5.37. The molecule has 202 valence electrons. The van der Waals surface area contributed by atoms with Gasteiger partial charge in [0.2, 0.25) is 11.8 Å². The van der Waals surface area contributed by atoms with E-state index in [2.05, 4.69) is 17.6 Å². The van der Waals surface area contributed by atoms with Crippen LogP contribution in [0.15, 0.2) is 24.3 Å². The fourth-order valence-electron chi connectivity index (χ4n) is 4.41. The highest BCUT2D eigenvalue weighted by Gasteiger charge is 2.42. The Morgan fingerprint density at radius 1 is 1.17 bits per heavy atom. The molecular weight excluding hydrogens is 474 g/mol. The first-order chi connectivity index (χ1) is 17.0. The Labute approximate surface area is 221 Å². The number of amides is 3. The van der Waals surface area contributed by atoms with Gasteiger partial charge in [-0.15, -0.1) is 0 Å². The van der Waals surface area contributed by atoms with Crippen LogP contribution in [0.1, 0.15) is 90.3 Å². The average Bonchev–Trinajstić information content (AvgIpc) is 2.73. The van der Waals surface area contributed by atoms with Gasteiger partial charge in [0, 0.05) is 12.1 Å². The second-order valence-corrected chi connectivity index (χ2v) is 11.8. The predicted molar refractivity (Wildman–Crippen MR) is 147 cm³/mol. The van der Waals surface area contributed by atoms with Crippen molar-refractivity contribution in [3.63, 3.8) is 0 Å². The van der Waals surface area contributed by atoms with Crippen molar-refractivity contribution in [3.8, 4) is 0 Å². The molecule has 0 bridgehead atoms. The molecule has 1 aliphatic rings. The smallest absolute Gasteiger partial charge is 0.408 e. The van der Waals surface area contributed by atoms with Crippen LogP contribution in [-0.2, 0) is 14.3 Å². The van der Waals surface area contributed by atoms with Crippen molar-refractivity contribution in [2.45, 2.75) is 110 Å². The topological polar surface area (TPSA) is 87.7 Å². The number of nitrogens with zero attached hydrogens (tertiary/aromatic N) is 1. The van der Waals surface area contributed by atoms with Crippen LogP contribution in [0.4, 0.5) is 4.79 Å². The van der Waals surface area contributed by atoms with Crippen LogP contribution >= 0.6 is 11.8 Å². The van der Waals surface area contributed by atoms with Gasteiger partial charge in [0.15, 0.2) is 0 Å². The third-order valence-corrected chi connectivity index (χ3v) is 6.96. The van der Waals surface area contributed by atoms with E-state index in [0.717, 1.165) is 43.2 Å². The van der Waals surface area contributed by atoms with E-state index in [0.29, 0.717) is 12.2 Å². The Morgan fingerprint density at radius 2 is 1.86 bits per heavy atom. The molecule has 2 N–H and O–H groups in total. The van der Waals surface area contributed by atoms with Crippen LogP contribution in [0.2, 0.25) is 0 Å². The minimum atomic E-state index is -0.777. The van der Waals surface area contributed by atoms with Crippen molar-refractivity contribution in [1.82, 2.24) is 15.5 Å². The number of carbonyl (C=O) groups is 3. The molecule has 3 atom stereocenters. The fraction of sp³-hybridized carbons (Fsp3) is 0.679. The molecule has 0 aromatic heterocycles. The van der Waals surface area contributed by atoms with Crippen molar-refractivity contribution < 1.29 is 19.1 Å². The van der Waals surface area contributed by atoms with Crippen molar-refractivity contribution in [2.24, 2.45) is 0 Å². The number of nitrogens with one attached hydrogen (secondary N) is 2. The Morgan fingerprint density at radius 3 is 2.39 bits per heavy atom. The first-order valence-electron chi connectivity index (χ1n) is 13.1. The number of carbonyl (C=O) groups excluding carboxylic acids is 3. The molecular formula is C28H45N3O4S. The summed E-state index contributed by atoms with van der Waals surface area (Å²) in [5.41, 5.74) is 1.14. The Hall–Kier alpha value is -2.22. The molecule has 3 amide bonds. The Bertz CT molecular complexity index is 882. The summed E-state index contributed by atoms with van der Waals surface area (Å²) in [7, 11) is 0. The summed E-state index contributed by atoms with van der Waals surface area (Å²) < 4.78 is 5.46. The lowest BCUT2D eigenvalue weighted by atomic mass is 9.87. The summed E-state index contributed by atoms with van der Waals surface area (Å²) in [5.74, 6) is 0.284. The van der Waals surface area contributed by atoms with Crippen LogP contribution in [-0.4, -0.2) is 58.5 Å². The molecule has 1 saturated carbocycles. The fourth-order valence-corrected chi connectivity index (χ4v) is 4.88. The van der Waals surface area contributed by atoms with Gasteiger partial charge >= 0.3 is 6.09 Å². The van der Waals surface area contributed by atoms with Crippen LogP contribution < -0.4 is 10.6 Å². The van der Waals surface area contributed by atoms with E-state index in [9.17, 15) is 14.4 Å². The summed E-state index contributed by atoms with van der Waals surface area (Å²) in [6, 6.07) is 6.21. The molecule has 2 rings (SSSR count). The Kier molecular flexibility index (Phi) is 11.6. The zero-order valence-corrected chi connectivity index (χ0v) is 23.9. The number of thioether (sulfide) groups is 1. The summed E-state index contributed by atoms with van der Waals surface area (Å²) in [6.45, 7) is 11.4. The van der Waals surface area contributed by atoms with E-state index >= 15 is 0 Å². The van der Waals surface area contributed by atoms with Gasteiger partial charge in [-0.2, -0.15) is 11.8 Å². The van der Waals surface area contributed by atoms with Gasteiger partial charge in [-0.05, 0) is 84.3 Å². The molecule has 36 heavy (non-hydrogen) atoms. The molecule has 0 spiro atoms. The third-order valence-electron chi connectivity index (χ3n) is 6.32. The molecule has 8 heteroatoms. The van der Waals surface area contributed by atoms with E-state index in [4.69, 9.17) is 4.74 Å². The quantitative estimate of drug-likeness (QED) is 0.388. The first kappa shape index (κ1) is 30.0. The second kappa shape index (κ2) is 13.9. The number of hydrogen-bond donors (Lipinski definition) is 2. The molecule has 0 saturated heterocycles. The van der Waals surface area contributed by atoms with Gasteiger partial charge < -0.3 is 20.3 Å². The lowest BCUT2D eigenvalue weighted by Gasteiger charge is -2.44. The zero-order valence-electron chi connectivity index (χ0n) is 23.1. The molecule has 1 fully saturated rings. The maximum Gasteiger partial charge on any atom is 0.408 e. The van der Waals surface area contributed by atoms with Gasteiger partial charge in [0.05, 0.1) is 0 Å².